The van der Waals surface area contributed by atoms with Gasteiger partial charge in [0, 0.05) is 51.1 Å². The number of carbonyl (C=O) groups excluding carboxylic acids is 2. The molecule has 2 N–H and O–H groups in total. The van der Waals surface area contributed by atoms with E-state index in [2.05, 4.69) is 15.3 Å². The molecule has 3 heterocycles. The Labute approximate surface area is 147 Å². The molecule has 0 bridgehead atoms. The number of aromatic nitrogens is 3. The molecule has 134 valence electrons. The first-order valence-corrected chi connectivity index (χ1v) is 8.71. The van der Waals surface area contributed by atoms with E-state index in [1.54, 1.807) is 12.4 Å². The zero-order chi connectivity index (χ0) is 18.0. The van der Waals surface area contributed by atoms with Gasteiger partial charge < -0.3 is 19.8 Å². The highest BCUT2D eigenvalue weighted by Gasteiger charge is 2.38. The van der Waals surface area contributed by atoms with E-state index in [0.29, 0.717) is 25.2 Å². The van der Waals surface area contributed by atoms with E-state index < -0.39 is 0 Å². The normalized spacial score (nSPS) is 20.8. The van der Waals surface area contributed by atoms with Gasteiger partial charge in [-0.25, -0.2) is 4.98 Å². The van der Waals surface area contributed by atoms with Crippen molar-refractivity contribution in [3.05, 3.63) is 41.7 Å². The lowest BCUT2D eigenvalue weighted by Crippen LogP contribution is -2.47. The maximum Gasteiger partial charge on any atom is 0.267 e. The Hall–Kier alpha value is -2.57. The first kappa shape index (κ1) is 17.3. The number of nitrogens with zero attached hydrogens (tertiary/aromatic N) is 3. The van der Waals surface area contributed by atoms with Crippen LogP contribution in [0.15, 0.2) is 24.7 Å². The second kappa shape index (κ2) is 7.13. The fraction of sp³-hybridized carbons (Fsp3) is 0.500. The standard InChI is InChI=1S/C18H25N5O2/c1-4-23-14(24)6-5-13(16(23)17-20-9-10-22(17)3)11-21-18(25)15-12(2)7-8-19-15/h7-10,13,16,19H,4-6,11H2,1-3H3,(H,21,25)/t13-,16+/m1/s1. The zero-order valence-electron chi connectivity index (χ0n) is 15.0. The molecular formula is C18H25N5O2. The number of hydrogen-bond donors (Lipinski definition) is 2. The number of likely N-dealkylation sites (tertiary alicyclic amines) is 1. The Morgan fingerprint density at radius 2 is 2.28 bits per heavy atom. The molecule has 1 aliphatic rings. The number of carbonyl (C=O) groups is 2. The molecule has 2 atom stereocenters. The first-order valence-electron chi connectivity index (χ1n) is 8.71. The number of rotatable bonds is 5. The van der Waals surface area contributed by atoms with Crippen molar-refractivity contribution in [3.8, 4) is 0 Å². The third kappa shape index (κ3) is 3.31. The molecule has 0 aromatic carbocycles. The second-order valence-corrected chi connectivity index (χ2v) is 6.57. The van der Waals surface area contributed by atoms with Crippen molar-refractivity contribution >= 4 is 11.8 Å². The number of H-pyrrole nitrogens is 1. The predicted molar refractivity (Wildman–Crippen MR) is 93.9 cm³/mol. The quantitative estimate of drug-likeness (QED) is 0.868. The topological polar surface area (TPSA) is 83.0 Å². The van der Waals surface area contributed by atoms with E-state index in [4.69, 9.17) is 0 Å². The summed E-state index contributed by atoms with van der Waals surface area (Å²) in [6.07, 6.45) is 6.66. The predicted octanol–water partition coefficient (Wildman–Crippen LogP) is 1.79. The lowest BCUT2D eigenvalue weighted by Gasteiger charge is -2.40. The highest BCUT2D eigenvalue weighted by atomic mass is 16.2. The monoisotopic (exact) mass is 343 g/mol. The Morgan fingerprint density at radius 3 is 2.88 bits per heavy atom. The van der Waals surface area contributed by atoms with Gasteiger partial charge in [0.1, 0.15) is 11.5 Å². The Kier molecular flexibility index (Phi) is 4.92. The maximum absolute atomic E-state index is 12.4. The minimum atomic E-state index is -0.115. The number of aromatic amines is 1. The molecule has 3 rings (SSSR count). The maximum atomic E-state index is 12.4. The number of hydrogen-bond acceptors (Lipinski definition) is 3. The van der Waals surface area contributed by atoms with Crippen molar-refractivity contribution < 1.29 is 9.59 Å². The molecule has 0 unspecified atom stereocenters. The summed E-state index contributed by atoms with van der Waals surface area (Å²) < 4.78 is 1.95. The molecular weight excluding hydrogens is 318 g/mol. The van der Waals surface area contributed by atoms with Crippen molar-refractivity contribution in [1.82, 2.24) is 24.8 Å². The van der Waals surface area contributed by atoms with Crippen LogP contribution in [0.4, 0.5) is 0 Å². The Bertz CT molecular complexity index is 763. The summed E-state index contributed by atoms with van der Waals surface area (Å²) >= 11 is 0. The molecule has 0 saturated carbocycles. The molecule has 2 aromatic rings. The van der Waals surface area contributed by atoms with Crippen molar-refractivity contribution in [2.45, 2.75) is 32.7 Å². The van der Waals surface area contributed by atoms with Crippen LogP contribution in [-0.2, 0) is 11.8 Å². The summed E-state index contributed by atoms with van der Waals surface area (Å²) in [4.78, 5) is 34.1. The molecule has 25 heavy (non-hydrogen) atoms. The third-order valence-corrected chi connectivity index (χ3v) is 5.00. The molecule has 1 saturated heterocycles. The molecule has 1 aliphatic heterocycles. The Balaban J connectivity index is 1.78. The summed E-state index contributed by atoms with van der Waals surface area (Å²) in [6, 6.07) is 1.76. The number of nitrogens with one attached hydrogen (secondary N) is 2. The largest absolute Gasteiger partial charge is 0.357 e. The van der Waals surface area contributed by atoms with Crippen LogP contribution >= 0.6 is 0 Å². The number of piperidine rings is 1. The van der Waals surface area contributed by atoms with Crippen LogP contribution in [0.5, 0.6) is 0 Å². The van der Waals surface area contributed by atoms with Gasteiger partial charge in [-0.1, -0.05) is 0 Å². The van der Waals surface area contributed by atoms with Gasteiger partial charge in [-0.15, -0.1) is 0 Å². The van der Waals surface area contributed by atoms with Gasteiger partial charge in [0.05, 0.1) is 6.04 Å². The lowest BCUT2D eigenvalue weighted by molar-refractivity contribution is -0.139. The third-order valence-electron chi connectivity index (χ3n) is 5.00. The van der Waals surface area contributed by atoms with Gasteiger partial charge in [0.15, 0.2) is 0 Å². The zero-order valence-corrected chi connectivity index (χ0v) is 15.0. The fourth-order valence-electron chi connectivity index (χ4n) is 3.62. The lowest BCUT2D eigenvalue weighted by atomic mass is 9.87. The van der Waals surface area contributed by atoms with Gasteiger partial charge in [-0.3, -0.25) is 9.59 Å². The van der Waals surface area contributed by atoms with Gasteiger partial charge in [0.2, 0.25) is 5.91 Å². The highest BCUT2D eigenvalue weighted by molar-refractivity contribution is 5.93. The van der Waals surface area contributed by atoms with E-state index in [1.807, 2.05) is 42.6 Å². The van der Waals surface area contributed by atoms with Crippen molar-refractivity contribution in [2.24, 2.45) is 13.0 Å². The summed E-state index contributed by atoms with van der Waals surface area (Å²) in [5, 5.41) is 3.02. The van der Waals surface area contributed by atoms with Crippen LogP contribution in [0, 0.1) is 12.8 Å². The molecule has 0 spiro atoms. The Morgan fingerprint density at radius 1 is 1.48 bits per heavy atom. The van der Waals surface area contributed by atoms with E-state index in [0.717, 1.165) is 17.8 Å². The second-order valence-electron chi connectivity index (χ2n) is 6.57. The van der Waals surface area contributed by atoms with Gasteiger partial charge >= 0.3 is 0 Å². The highest BCUT2D eigenvalue weighted by Crippen LogP contribution is 2.35. The van der Waals surface area contributed by atoms with Crippen molar-refractivity contribution in [1.29, 1.82) is 0 Å². The van der Waals surface area contributed by atoms with Crippen LogP contribution in [0.25, 0.3) is 0 Å². The van der Waals surface area contributed by atoms with Crippen LogP contribution in [0.2, 0.25) is 0 Å². The molecule has 1 fully saturated rings. The minimum absolute atomic E-state index is 0.110. The summed E-state index contributed by atoms with van der Waals surface area (Å²) in [7, 11) is 1.94. The SMILES string of the molecule is CCN1C(=O)CC[C@H](CNC(=O)c2[nH]ccc2C)[C@H]1c1nccn1C. The van der Waals surface area contributed by atoms with Crippen LogP contribution in [0.3, 0.4) is 0 Å². The summed E-state index contributed by atoms with van der Waals surface area (Å²) in [5.74, 6) is 1.04. The summed E-state index contributed by atoms with van der Waals surface area (Å²) in [5.41, 5.74) is 1.51. The number of amides is 2. The average Bonchev–Trinajstić information content (AvgIpc) is 3.21. The van der Waals surface area contributed by atoms with Crippen LogP contribution in [-0.4, -0.2) is 44.3 Å². The van der Waals surface area contributed by atoms with Gasteiger partial charge in [0.25, 0.3) is 5.91 Å². The summed E-state index contributed by atoms with van der Waals surface area (Å²) in [6.45, 7) is 5.03. The van der Waals surface area contributed by atoms with E-state index in [9.17, 15) is 9.59 Å². The molecule has 2 aromatic heterocycles. The van der Waals surface area contributed by atoms with Gasteiger partial charge in [-0.05, 0) is 31.9 Å². The molecule has 7 heteroatoms. The van der Waals surface area contributed by atoms with Gasteiger partial charge in [-0.2, -0.15) is 0 Å². The van der Waals surface area contributed by atoms with E-state index in [-0.39, 0.29) is 23.8 Å². The average molecular weight is 343 g/mol. The molecule has 0 radical (unpaired) electrons. The van der Waals surface area contributed by atoms with Crippen molar-refractivity contribution in [3.63, 3.8) is 0 Å². The first-order chi connectivity index (χ1) is 12.0. The minimum Gasteiger partial charge on any atom is -0.357 e. The fourth-order valence-corrected chi connectivity index (χ4v) is 3.62. The van der Waals surface area contributed by atoms with Crippen LogP contribution < -0.4 is 5.32 Å². The smallest absolute Gasteiger partial charge is 0.267 e. The van der Waals surface area contributed by atoms with Crippen LogP contribution in [0.1, 0.15) is 47.7 Å². The van der Waals surface area contributed by atoms with E-state index >= 15 is 0 Å². The molecule has 0 aliphatic carbocycles. The molecule has 7 nitrogen and oxygen atoms in total. The van der Waals surface area contributed by atoms with Crippen molar-refractivity contribution in [2.75, 3.05) is 13.1 Å². The molecule has 2 amide bonds. The van der Waals surface area contributed by atoms with E-state index in [1.165, 1.54) is 0 Å². The number of imidazole rings is 1. The number of aryl methyl sites for hydroxylation is 2.